The van der Waals surface area contributed by atoms with Gasteiger partial charge in [-0.15, -0.1) is 0 Å². The first-order valence-corrected chi connectivity index (χ1v) is 10.9. The van der Waals surface area contributed by atoms with Crippen molar-refractivity contribution in [3.63, 3.8) is 0 Å². The van der Waals surface area contributed by atoms with Crippen molar-refractivity contribution < 1.29 is 23.9 Å². The maximum atomic E-state index is 12.4. The second-order valence-corrected chi connectivity index (χ2v) is 9.22. The number of esters is 1. The van der Waals surface area contributed by atoms with E-state index in [1.807, 2.05) is 0 Å². The van der Waals surface area contributed by atoms with Crippen LogP contribution in [0.3, 0.4) is 0 Å². The summed E-state index contributed by atoms with van der Waals surface area (Å²) in [5, 5.41) is 14.5. The Morgan fingerprint density at radius 1 is 1.09 bits per heavy atom. The summed E-state index contributed by atoms with van der Waals surface area (Å²) in [5.74, 6) is 0.981. The van der Waals surface area contributed by atoms with Gasteiger partial charge in [-0.25, -0.2) is 9.59 Å². The predicted octanol–water partition coefficient (Wildman–Crippen LogP) is 2.94. The van der Waals surface area contributed by atoms with Crippen molar-refractivity contribution in [3.8, 4) is 11.8 Å². The van der Waals surface area contributed by atoms with Gasteiger partial charge in [0, 0.05) is 5.54 Å². The molecular formula is C24H27N3O5. The summed E-state index contributed by atoms with van der Waals surface area (Å²) >= 11 is 0. The summed E-state index contributed by atoms with van der Waals surface area (Å²) < 4.78 is 9.99. The Balaban J connectivity index is 1.26. The highest BCUT2D eigenvalue weighted by molar-refractivity contribution is 6.00. The fourth-order valence-corrected chi connectivity index (χ4v) is 5.91. The van der Waals surface area contributed by atoms with Crippen molar-refractivity contribution in [1.29, 1.82) is 5.26 Å². The van der Waals surface area contributed by atoms with Gasteiger partial charge in [0.2, 0.25) is 0 Å². The Morgan fingerprint density at radius 2 is 1.69 bits per heavy atom. The van der Waals surface area contributed by atoms with Crippen molar-refractivity contribution in [2.75, 3.05) is 13.7 Å². The lowest BCUT2D eigenvalue weighted by atomic mass is 9.53. The molecule has 0 radical (unpaired) electrons. The van der Waals surface area contributed by atoms with E-state index < -0.39 is 24.5 Å². The van der Waals surface area contributed by atoms with Gasteiger partial charge in [-0.3, -0.25) is 10.1 Å². The molecule has 1 aromatic carbocycles. The molecule has 0 atom stereocenters. The highest BCUT2D eigenvalue weighted by Crippen LogP contribution is 2.55. The van der Waals surface area contributed by atoms with Gasteiger partial charge in [0.05, 0.1) is 7.11 Å². The quantitative estimate of drug-likeness (QED) is 0.401. The minimum atomic E-state index is -0.931. The molecular weight excluding hydrogens is 410 g/mol. The van der Waals surface area contributed by atoms with Crippen LogP contribution < -0.4 is 15.4 Å². The average molecular weight is 437 g/mol. The van der Waals surface area contributed by atoms with Crippen LogP contribution in [0, 0.1) is 29.1 Å². The summed E-state index contributed by atoms with van der Waals surface area (Å²) in [4.78, 5) is 36.7. The van der Waals surface area contributed by atoms with Crippen LogP contribution in [0.1, 0.15) is 44.1 Å². The largest absolute Gasteiger partial charge is 0.497 e. The number of carbonyl (C=O) groups excluding carboxylic acids is 3. The normalized spacial score (nSPS) is 27.9. The van der Waals surface area contributed by atoms with Gasteiger partial charge in [-0.1, -0.05) is 12.1 Å². The van der Waals surface area contributed by atoms with E-state index in [1.165, 1.54) is 32.4 Å². The zero-order valence-electron chi connectivity index (χ0n) is 18.1. The lowest BCUT2D eigenvalue weighted by Crippen LogP contribution is -2.62. The van der Waals surface area contributed by atoms with E-state index in [0.29, 0.717) is 29.1 Å². The first kappa shape index (κ1) is 21.9. The number of imide groups is 1. The molecule has 0 aromatic heterocycles. The highest BCUT2D eigenvalue weighted by atomic mass is 16.5. The first-order chi connectivity index (χ1) is 15.4. The third kappa shape index (κ3) is 4.93. The molecule has 8 nitrogen and oxygen atoms in total. The third-order valence-electron chi connectivity index (χ3n) is 6.77. The van der Waals surface area contributed by atoms with Gasteiger partial charge in [0.15, 0.2) is 6.61 Å². The average Bonchev–Trinajstić information content (AvgIpc) is 2.74. The Kier molecular flexibility index (Phi) is 6.17. The topological polar surface area (TPSA) is 118 Å². The monoisotopic (exact) mass is 437 g/mol. The van der Waals surface area contributed by atoms with Crippen molar-refractivity contribution in [3.05, 3.63) is 35.4 Å². The Labute approximate surface area is 186 Å². The molecule has 2 N–H and O–H groups in total. The maximum absolute atomic E-state index is 12.4. The SMILES string of the molecule is COc1ccc(/C=C(\C#N)C(=O)OCC(=O)NC(=O)NC23CC4CC(CC(C4)C2)C3)cc1. The van der Waals surface area contributed by atoms with Crippen molar-refractivity contribution >= 4 is 24.0 Å². The van der Waals surface area contributed by atoms with Crippen LogP contribution >= 0.6 is 0 Å². The van der Waals surface area contributed by atoms with Crippen molar-refractivity contribution in [1.82, 2.24) is 10.6 Å². The van der Waals surface area contributed by atoms with E-state index in [4.69, 9.17) is 9.47 Å². The number of hydrogen-bond acceptors (Lipinski definition) is 6. The summed E-state index contributed by atoms with van der Waals surface area (Å²) in [5.41, 5.74) is 0.143. The first-order valence-electron chi connectivity index (χ1n) is 10.9. The van der Waals surface area contributed by atoms with E-state index in [-0.39, 0.29) is 11.1 Å². The molecule has 4 bridgehead atoms. The molecule has 8 heteroatoms. The molecule has 0 spiro atoms. The Bertz CT molecular complexity index is 941. The van der Waals surface area contributed by atoms with Gasteiger partial charge >= 0.3 is 12.0 Å². The van der Waals surface area contributed by atoms with Gasteiger partial charge in [-0.05, 0) is 80.1 Å². The zero-order valence-corrected chi connectivity index (χ0v) is 18.1. The van der Waals surface area contributed by atoms with Gasteiger partial charge in [0.1, 0.15) is 17.4 Å². The maximum Gasteiger partial charge on any atom is 0.349 e. The third-order valence-corrected chi connectivity index (χ3v) is 6.77. The molecule has 1 aromatic rings. The standard InChI is InChI=1S/C24H27N3O5/c1-31-20-4-2-15(3-5-20)9-19(13-25)22(29)32-14-21(28)26-23(30)27-24-10-16-6-17(11-24)8-18(7-16)12-24/h2-5,9,16-18H,6-8,10-12,14H2,1H3,(H2,26,27,28,30)/b19-9+. The zero-order chi connectivity index (χ0) is 22.7. The lowest BCUT2D eigenvalue weighted by molar-refractivity contribution is -0.144. The molecule has 4 aliphatic carbocycles. The number of methoxy groups -OCH3 is 1. The number of amides is 3. The van der Waals surface area contributed by atoms with Crippen LogP contribution in [-0.2, 0) is 14.3 Å². The van der Waals surface area contributed by atoms with Gasteiger partial charge in [0.25, 0.3) is 5.91 Å². The summed E-state index contributed by atoms with van der Waals surface area (Å²) in [6.07, 6.45) is 8.03. The fourth-order valence-electron chi connectivity index (χ4n) is 5.91. The Hall–Kier alpha value is -3.34. The minimum Gasteiger partial charge on any atom is -0.497 e. The second kappa shape index (κ2) is 9.03. The van der Waals surface area contributed by atoms with E-state index in [9.17, 15) is 19.6 Å². The van der Waals surface area contributed by atoms with Crippen LogP contribution in [0.4, 0.5) is 4.79 Å². The molecule has 168 valence electrons. The molecule has 0 unspecified atom stereocenters. The Morgan fingerprint density at radius 3 is 2.22 bits per heavy atom. The number of nitrogens with one attached hydrogen (secondary N) is 2. The number of ether oxygens (including phenoxy) is 2. The molecule has 0 saturated heterocycles. The minimum absolute atomic E-state index is 0.217. The molecule has 0 aliphatic heterocycles. The van der Waals surface area contributed by atoms with Crippen LogP contribution in [-0.4, -0.2) is 37.2 Å². The van der Waals surface area contributed by atoms with Crippen molar-refractivity contribution in [2.45, 2.75) is 44.1 Å². The predicted molar refractivity (Wildman–Crippen MR) is 115 cm³/mol. The van der Waals surface area contributed by atoms with E-state index in [0.717, 1.165) is 19.3 Å². The van der Waals surface area contributed by atoms with E-state index in [2.05, 4.69) is 10.6 Å². The smallest absolute Gasteiger partial charge is 0.349 e. The summed E-state index contributed by atoms with van der Waals surface area (Å²) in [6.45, 7) is -0.644. The molecule has 0 heterocycles. The molecule has 32 heavy (non-hydrogen) atoms. The molecule has 4 saturated carbocycles. The molecule has 4 fully saturated rings. The van der Waals surface area contributed by atoms with Crippen LogP contribution in [0.25, 0.3) is 6.08 Å². The number of urea groups is 1. The number of hydrogen-bond donors (Lipinski definition) is 2. The van der Waals surface area contributed by atoms with E-state index >= 15 is 0 Å². The number of nitrogens with zero attached hydrogens (tertiary/aromatic N) is 1. The second-order valence-electron chi connectivity index (χ2n) is 9.22. The number of nitriles is 1. The van der Waals surface area contributed by atoms with Crippen LogP contribution in [0.2, 0.25) is 0 Å². The summed E-state index contributed by atoms with van der Waals surface area (Å²) in [7, 11) is 1.54. The van der Waals surface area contributed by atoms with E-state index in [1.54, 1.807) is 30.3 Å². The van der Waals surface area contributed by atoms with Crippen LogP contribution in [0.15, 0.2) is 29.8 Å². The lowest BCUT2D eigenvalue weighted by Gasteiger charge is -2.56. The van der Waals surface area contributed by atoms with Gasteiger partial charge < -0.3 is 14.8 Å². The molecule has 3 amide bonds. The fraction of sp³-hybridized carbons (Fsp3) is 0.500. The number of rotatable bonds is 6. The van der Waals surface area contributed by atoms with Crippen molar-refractivity contribution in [2.24, 2.45) is 17.8 Å². The highest BCUT2D eigenvalue weighted by Gasteiger charge is 2.51. The summed E-state index contributed by atoms with van der Waals surface area (Å²) in [6, 6.07) is 7.98. The van der Waals surface area contributed by atoms with Crippen LogP contribution in [0.5, 0.6) is 5.75 Å². The number of carbonyl (C=O) groups is 3. The molecule has 5 rings (SSSR count). The van der Waals surface area contributed by atoms with Gasteiger partial charge in [-0.2, -0.15) is 5.26 Å². The molecule has 4 aliphatic rings. The number of benzene rings is 1.